The molecule has 1 aliphatic rings. The molecule has 0 atom stereocenters. The lowest BCUT2D eigenvalue weighted by molar-refractivity contribution is 0.0730. The van der Waals surface area contributed by atoms with Crippen LogP contribution < -0.4 is 14.4 Å². The number of carbonyl (C=O) groups is 1. The van der Waals surface area contributed by atoms with E-state index in [9.17, 15) is 13.2 Å². The Balaban J connectivity index is 1.66. The number of hydrogen-bond donors (Lipinski definition) is 0. The molecule has 0 unspecified atom stereocenters. The van der Waals surface area contributed by atoms with E-state index >= 15 is 0 Å². The van der Waals surface area contributed by atoms with Crippen molar-refractivity contribution < 1.29 is 27.4 Å². The topological polar surface area (TPSA) is 102 Å². The van der Waals surface area contributed by atoms with Crippen molar-refractivity contribution in [1.29, 1.82) is 0 Å². The Morgan fingerprint density at radius 1 is 1.03 bits per heavy atom. The van der Waals surface area contributed by atoms with Gasteiger partial charge in [0.05, 0.1) is 32.3 Å². The van der Waals surface area contributed by atoms with Crippen LogP contribution in [0.15, 0.2) is 41.3 Å². The van der Waals surface area contributed by atoms with Gasteiger partial charge in [-0.15, -0.1) is 0 Å². The van der Waals surface area contributed by atoms with Crippen LogP contribution in [0.4, 0.5) is 5.13 Å². The Bertz CT molecular complexity index is 1290. The summed E-state index contributed by atoms with van der Waals surface area (Å²) in [5, 5.41) is 0.520. The molecule has 200 valence electrons. The molecule has 1 aliphatic heterocycles. The third kappa shape index (κ3) is 5.88. The zero-order valence-electron chi connectivity index (χ0n) is 21.5. The highest BCUT2D eigenvalue weighted by Crippen LogP contribution is 2.40. The van der Waals surface area contributed by atoms with E-state index in [1.54, 1.807) is 37.3 Å². The number of carbonyl (C=O) groups excluding carboxylic acids is 1. The van der Waals surface area contributed by atoms with E-state index in [1.165, 1.54) is 27.8 Å². The smallest absolute Gasteiger partial charge is 0.260 e. The van der Waals surface area contributed by atoms with Crippen molar-refractivity contribution in [2.75, 3.05) is 72.6 Å². The van der Waals surface area contributed by atoms with E-state index in [0.717, 1.165) is 17.7 Å². The number of rotatable bonds is 10. The summed E-state index contributed by atoms with van der Waals surface area (Å²) in [7, 11) is 3.48. The fraction of sp³-hybridized carbons (Fsp3) is 0.440. The quantitative estimate of drug-likeness (QED) is 0.381. The maximum absolute atomic E-state index is 13.7. The molecule has 0 radical (unpaired) electrons. The Morgan fingerprint density at radius 2 is 1.68 bits per heavy atom. The first-order chi connectivity index (χ1) is 17.8. The molecule has 4 rings (SSSR count). The first kappa shape index (κ1) is 27.3. The Kier molecular flexibility index (Phi) is 8.65. The number of benzene rings is 2. The number of aromatic nitrogens is 1. The summed E-state index contributed by atoms with van der Waals surface area (Å²) in [6.07, 6.45) is 0.729. The maximum atomic E-state index is 13.7. The Morgan fingerprint density at radius 3 is 2.30 bits per heavy atom. The molecule has 0 saturated carbocycles. The van der Waals surface area contributed by atoms with Gasteiger partial charge in [0.15, 0.2) is 5.13 Å². The van der Waals surface area contributed by atoms with Gasteiger partial charge in [-0.1, -0.05) is 11.3 Å². The molecule has 0 bridgehead atoms. The molecule has 12 heteroatoms. The molecular weight excluding hydrogens is 516 g/mol. The molecule has 10 nitrogen and oxygen atoms in total. The molecule has 1 aromatic heterocycles. The van der Waals surface area contributed by atoms with Crippen LogP contribution in [0.2, 0.25) is 0 Å². The molecule has 1 saturated heterocycles. The van der Waals surface area contributed by atoms with Gasteiger partial charge in [0.25, 0.3) is 5.91 Å². The summed E-state index contributed by atoms with van der Waals surface area (Å²) in [5.74, 6) is 0.987. The van der Waals surface area contributed by atoms with Gasteiger partial charge in [-0.25, -0.2) is 13.4 Å². The van der Waals surface area contributed by atoms with Crippen LogP contribution in [0.1, 0.15) is 16.8 Å². The van der Waals surface area contributed by atoms with Crippen LogP contribution in [0, 0.1) is 0 Å². The molecule has 3 aromatic rings. The second kappa shape index (κ2) is 11.7. The fourth-order valence-electron chi connectivity index (χ4n) is 4.08. The Labute approximate surface area is 221 Å². The second-order valence-corrected chi connectivity index (χ2v) is 11.7. The lowest BCUT2D eigenvalue weighted by Gasteiger charge is -2.26. The maximum Gasteiger partial charge on any atom is 0.260 e. The van der Waals surface area contributed by atoms with Crippen molar-refractivity contribution in [2.24, 2.45) is 0 Å². The van der Waals surface area contributed by atoms with Crippen LogP contribution in [0.25, 0.3) is 10.2 Å². The van der Waals surface area contributed by atoms with Gasteiger partial charge in [-0.05, 0) is 63.5 Å². The number of anilines is 1. The van der Waals surface area contributed by atoms with E-state index in [1.807, 2.05) is 20.2 Å². The fourth-order valence-corrected chi connectivity index (χ4v) is 6.59. The van der Waals surface area contributed by atoms with E-state index in [-0.39, 0.29) is 10.8 Å². The molecular formula is C25H32N4O6S2. The molecule has 2 heterocycles. The van der Waals surface area contributed by atoms with Crippen LogP contribution in [-0.4, -0.2) is 96.2 Å². The second-order valence-electron chi connectivity index (χ2n) is 8.80. The number of fused-ring (bicyclic) bond motifs is 1. The molecule has 1 amide bonds. The third-order valence-electron chi connectivity index (χ3n) is 6.07. The monoisotopic (exact) mass is 548 g/mol. The predicted molar refractivity (Wildman–Crippen MR) is 144 cm³/mol. The normalized spacial score (nSPS) is 14.7. The zero-order chi connectivity index (χ0) is 26.6. The first-order valence-electron chi connectivity index (χ1n) is 11.9. The minimum Gasteiger partial charge on any atom is -0.495 e. The average molecular weight is 549 g/mol. The van der Waals surface area contributed by atoms with Crippen LogP contribution in [0.3, 0.4) is 0 Å². The number of sulfonamides is 1. The highest BCUT2D eigenvalue weighted by Gasteiger charge is 2.28. The van der Waals surface area contributed by atoms with Crippen molar-refractivity contribution in [3.63, 3.8) is 0 Å². The lowest BCUT2D eigenvalue weighted by atomic mass is 10.2. The number of thiazole rings is 1. The molecule has 1 fully saturated rings. The number of amides is 1. The number of nitrogens with zero attached hydrogens (tertiary/aromatic N) is 4. The summed E-state index contributed by atoms with van der Waals surface area (Å²) in [4.78, 5) is 22.3. The molecule has 37 heavy (non-hydrogen) atoms. The van der Waals surface area contributed by atoms with Crippen LogP contribution >= 0.6 is 11.3 Å². The van der Waals surface area contributed by atoms with E-state index in [4.69, 9.17) is 19.2 Å². The number of morpholine rings is 1. The van der Waals surface area contributed by atoms with E-state index in [0.29, 0.717) is 60.6 Å². The molecule has 0 N–H and O–H groups in total. The van der Waals surface area contributed by atoms with Gasteiger partial charge < -0.3 is 19.1 Å². The average Bonchev–Trinajstić information content (AvgIpc) is 3.36. The van der Waals surface area contributed by atoms with Crippen molar-refractivity contribution in [1.82, 2.24) is 14.2 Å². The molecule has 0 aliphatic carbocycles. The van der Waals surface area contributed by atoms with Gasteiger partial charge in [0.1, 0.15) is 21.7 Å². The SMILES string of the molecule is COc1ccc(OC)c2sc(N(CCCN(C)C)C(=O)c3ccc(S(=O)(=O)N4CCOCC4)cc3)nc12. The lowest BCUT2D eigenvalue weighted by Crippen LogP contribution is -2.40. The first-order valence-corrected chi connectivity index (χ1v) is 14.2. The standard InChI is InChI=1S/C25H32N4O6S2/c1-27(2)12-5-13-29(25-26-22-20(33-3)10-11-21(34-4)23(22)36-25)24(30)18-6-8-19(9-7-18)37(31,32)28-14-16-35-17-15-28/h6-11H,5,12-17H2,1-4H3. The highest BCUT2D eigenvalue weighted by atomic mass is 32.2. The third-order valence-corrected chi connectivity index (χ3v) is 9.08. The zero-order valence-corrected chi connectivity index (χ0v) is 23.1. The highest BCUT2D eigenvalue weighted by molar-refractivity contribution is 7.89. The van der Waals surface area contributed by atoms with Crippen molar-refractivity contribution in [2.45, 2.75) is 11.3 Å². The predicted octanol–water partition coefficient (Wildman–Crippen LogP) is 2.93. The summed E-state index contributed by atoms with van der Waals surface area (Å²) in [6.45, 7) is 2.60. The van der Waals surface area contributed by atoms with Crippen molar-refractivity contribution in [3.05, 3.63) is 42.0 Å². The van der Waals surface area contributed by atoms with Gasteiger partial charge in [0, 0.05) is 25.2 Å². The summed E-state index contributed by atoms with van der Waals surface area (Å²) in [6, 6.07) is 9.69. The van der Waals surface area contributed by atoms with E-state index < -0.39 is 10.0 Å². The van der Waals surface area contributed by atoms with Crippen LogP contribution in [-0.2, 0) is 14.8 Å². The van der Waals surface area contributed by atoms with Gasteiger partial charge in [-0.3, -0.25) is 9.69 Å². The number of hydrogen-bond acceptors (Lipinski definition) is 9. The van der Waals surface area contributed by atoms with Crippen molar-refractivity contribution >= 4 is 42.6 Å². The number of methoxy groups -OCH3 is 2. The van der Waals surface area contributed by atoms with Gasteiger partial charge in [-0.2, -0.15) is 4.31 Å². The molecule has 2 aromatic carbocycles. The summed E-state index contributed by atoms with van der Waals surface area (Å²) in [5.41, 5.74) is 1.00. The van der Waals surface area contributed by atoms with Crippen LogP contribution in [0.5, 0.6) is 11.5 Å². The van der Waals surface area contributed by atoms with Gasteiger partial charge >= 0.3 is 0 Å². The summed E-state index contributed by atoms with van der Waals surface area (Å²) >= 11 is 1.36. The van der Waals surface area contributed by atoms with Crippen molar-refractivity contribution in [3.8, 4) is 11.5 Å². The minimum atomic E-state index is -3.65. The summed E-state index contributed by atoms with van der Waals surface area (Å²) < 4.78 is 44.4. The minimum absolute atomic E-state index is 0.152. The van der Waals surface area contributed by atoms with E-state index in [2.05, 4.69) is 4.90 Å². The number of ether oxygens (including phenoxy) is 3. The Hall–Kier alpha value is -2.77. The largest absolute Gasteiger partial charge is 0.495 e. The molecule has 0 spiro atoms. The van der Waals surface area contributed by atoms with Gasteiger partial charge in [0.2, 0.25) is 10.0 Å².